The standard InChI is InChI=1S/C50H33NS/c1-3-12-34(13-4-1)36-22-24-37(25-23-36)38-26-29-41(30-27-38)51(42-31-28-35-14-7-8-17-40(35)32-42)47-20-11-21-48-49(47)46-33-45(39-15-5-2-6-16-39)43-18-9-10-19-44(43)50(46)52-48/h1-33H. The molecule has 0 radical (unpaired) electrons. The first-order valence-electron chi connectivity index (χ1n) is 17.8. The number of benzene rings is 9. The van der Waals surface area contributed by atoms with E-state index in [4.69, 9.17) is 0 Å². The predicted molar refractivity (Wildman–Crippen MR) is 225 cm³/mol. The molecule has 2 heteroatoms. The van der Waals surface area contributed by atoms with Gasteiger partial charge in [-0.05, 0) is 92.0 Å². The first-order chi connectivity index (χ1) is 25.8. The topological polar surface area (TPSA) is 3.24 Å². The highest BCUT2D eigenvalue weighted by Gasteiger charge is 2.21. The average Bonchev–Trinajstić information content (AvgIpc) is 3.61. The van der Waals surface area contributed by atoms with Crippen LogP contribution in [0.5, 0.6) is 0 Å². The summed E-state index contributed by atoms with van der Waals surface area (Å²) in [6.45, 7) is 0. The van der Waals surface area contributed by atoms with Crippen molar-refractivity contribution >= 4 is 70.1 Å². The molecular weight excluding hydrogens is 647 g/mol. The molecule has 0 aliphatic carbocycles. The van der Waals surface area contributed by atoms with Gasteiger partial charge in [0.25, 0.3) is 0 Å². The van der Waals surface area contributed by atoms with Gasteiger partial charge >= 0.3 is 0 Å². The quantitative estimate of drug-likeness (QED) is 0.169. The first kappa shape index (κ1) is 30.4. The zero-order valence-corrected chi connectivity index (χ0v) is 29.2. The van der Waals surface area contributed by atoms with Gasteiger partial charge in [-0.3, -0.25) is 0 Å². The van der Waals surface area contributed by atoms with E-state index in [1.807, 2.05) is 11.3 Å². The SMILES string of the molecule is c1ccc(-c2ccc(-c3ccc(N(c4ccc5ccccc5c4)c4cccc5sc6c7ccccc7c(-c7ccccc7)cc6c45)cc3)cc2)cc1. The maximum absolute atomic E-state index is 2.45. The van der Waals surface area contributed by atoms with Gasteiger partial charge in [0, 0.05) is 36.9 Å². The maximum Gasteiger partial charge on any atom is 0.0554 e. The fourth-order valence-electron chi connectivity index (χ4n) is 7.70. The zero-order chi connectivity index (χ0) is 34.4. The molecule has 0 amide bonds. The van der Waals surface area contributed by atoms with Crippen LogP contribution < -0.4 is 4.90 Å². The van der Waals surface area contributed by atoms with Gasteiger partial charge < -0.3 is 4.90 Å². The van der Waals surface area contributed by atoms with Crippen molar-refractivity contribution in [3.8, 4) is 33.4 Å². The highest BCUT2D eigenvalue weighted by Crippen LogP contribution is 2.48. The van der Waals surface area contributed by atoms with Crippen LogP contribution in [0.2, 0.25) is 0 Å². The minimum atomic E-state index is 1.12. The molecule has 0 saturated heterocycles. The largest absolute Gasteiger partial charge is 0.310 e. The van der Waals surface area contributed by atoms with Crippen molar-refractivity contribution in [3.05, 3.63) is 200 Å². The second-order valence-corrected chi connectivity index (χ2v) is 14.4. The maximum atomic E-state index is 2.45. The fourth-order valence-corrected chi connectivity index (χ4v) is 8.95. The second kappa shape index (κ2) is 12.7. The van der Waals surface area contributed by atoms with Crippen LogP contribution in [0.3, 0.4) is 0 Å². The van der Waals surface area contributed by atoms with Crippen LogP contribution in [0, 0.1) is 0 Å². The van der Waals surface area contributed by atoms with Crippen molar-refractivity contribution in [1.29, 1.82) is 0 Å². The van der Waals surface area contributed by atoms with Crippen LogP contribution in [-0.2, 0) is 0 Å². The molecule has 52 heavy (non-hydrogen) atoms. The zero-order valence-electron chi connectivity index (χ0n) is 28.4. The van der Waals surface area contributed by atoms with Gasteiger partial charge in [0.2, 0.25) is 0 Å². The van der Waals surface area contributed by atoms with Crippen molar-refractivity contribution in [2.45, 2.75) is 0 Å². The van der Waals surface area contributed by atoms with E-state index in [9.17, 15) is 0 Å². The molecule has 1 heterocycles. The third kappa shape index (κ3) is 5.24. The van der Waals surface area contributed by atoms with Gasteiger partial charge in [-0.1, -0.05) is 158 Å². The Bertz CT molecular complexity index is 2870. The van der Waals surface area contributed by atoms with E-state index in [1.54, 1.807) is 0 Å². The van der Waals surface area contributed by atoms with Gasteiger partial charge in [0.15, 0.2) is 0 Å². The Labute approximate surface area is 307 Å². The number of hydrogen-bond acceptors (Lipinski definition) is 2. The van der Waals surface area contributed by atoms with E-state index in [-0.39, 0.29) is 0 Å². The van der Waals surface area contributed by atoms with Crippen molar-refractivity contribution in [2.75, 3.05) is 4.90 Å². The normalized spacial score (nSPS) is 11.5. The molecule has 0 aliphatic heterocycles. The molecule has 0 unspecified atom stereocenters. The van der Waals surface area contributed by atoms with E-state index in [2.05, 4.69) is 205 Å². The highest BCUT2D eigenvalue weighted by molar-refractivity contribution is 7.26. The lowest BCUT2D eigenvalue weighted by Gasteiger charge is -2.27. The molecule has 0 atom stereocenters. The molecule has 244 valence electrons. The molecular formula is C50H33NS. The Hall–Kier alpha value is -6.48. The monoisotopic (exact) mass is 679 g/mol. The van der Waals surface area contributed by atoms with Crippen LogP contribution in [0.15, 0.2) is 200 Å². The molecule has 0 fully saturated rings. The van der Waals surface area contributed by atoms with Gasteiger partial charge in [0.05, 0.1) is 5.69 Å². The van der Waals surface area contributed by atoms with Crippen molar-refractivity contribution < 1.29 is 0 Å². The van der Waals surface area contributed by atoms with Gasteiger partial charge in [-0.2, -0.15) is 0 Å². The van der Waals surface area contributed by atoms with Gasteiger partial charge in [0.1, 0.15) is 0 Å². The Balaban J connectivity index is 1.16. The lowest BCUT2D eigenvalue weighted by molar-refractivity contribution is 1.31. The van der Waals surface area contributed by atoms with Crippen LogP contribution in [0.4, 0.5) is 17.1 Å². The molecule has 9 aromatic carbocycles. The summed E-state index contributed by atoms with van der Waals surface area (Å²) in [6, 6.07) is 72.8. The van der Waals surface area contributed by atoms with Crippen LogP contribution in [0.1, 0.15) is 0 Å². The lowest BCUT2D eigenvalue weighted by atomic mass is 9.95. The summed E-state index contributed by atoms with van der Waals surface area (Å²) in [7, 11) is 0. The smallest absolute Gasteiger partial charge is 0.0554 e. The molecule has 0 spiro atoms. The van der Waals surface area contributed by atoms with Crippen LogP contribution >= 0.6 is 11.3 Å². The van der Waals surface area contributed by atoms with Crippen molar-refractivity contribution in [3.63, 3.8) is 0 Å². The summed E-state index contributed by atoms with van der Waals surface area (Å²) >= 11 is 1.89. The summed E-state index contributed by atoms with van der Waals surface area (Å²) in [5.41, 5.74) is 10.8. The number of rotatable bonds is 6. The molecule has 10 rings (SSSR count). The molecule has 0 saturated carbocycles. The Morgan fingerprint density at radius 1 is 0.346 bits per heavy atom. The summed E-state index contributed by atoms with van der Waals surface area (Å²) in [6.07, 6.45) is 0. The minimum absolute atomic E-state index is 1.12. The van der Waals surface area contributed by atoms with Crippen molar-refractivity contribution in [2.24, 2.45) is 0 Å². The summed E-state index contributed by atoms with van der Waals surface area (Å²) < 4.78 is 2.61. The minimum Gasteiger partial charge on any atom is -0.310 e. The number of nitrogens with zero attached hydrogens (tertiary/aromatic N) is 1. The second-order valence-electron chi connectivity index (χ2n) is 13.3. The molecule has 1 aromatic heterocycles. The average molecular weight is 680 g/mol. The molecule has 0 N–H and O–H groups in total. The van der Waals surface area contributed by atoms with E-state index in [0.717, 1.165) is 11.4 Å². The van der Waals surface area contributed by atoms with E-state index in [0.29, 0.717) is 0 Å². The third-order valence-corrected chi connectivity index (χ3v) is 11.5. The van der Waals surface area contributed by atoms with Crippen LogP contribution in [0.25, 0.3) is 75.1 Å². The van der Waals surface area contributed by atoms with Crippen LogP contribution in [-0.4, -0.2) is 0 Å². The number of fused-ring (bicyclic) bond motifs is 6. The van der Waals surface area contributed by atoms with Crippen molar-refractivity contribution in [1.82, 2.24) is 0 Å². The van der Waals surface area contributed by atoms with E-state index in [1.165, 1.54) is 80.8 Å². The van der Waals surface area contributed by atoms with Gasteiger partial charge in [-0.15, -0.1) is 11.3 Å². The van der Waals surface area contributed by atoms with Gasteiger partial charge in [-0.25, -0.2) is 0 Å². The molecule has 10 aromatic rings. The number of anilines is 3. The Morgan fingerprint density at radius 2 is 0.904 bits per heavy atom. The molecule has 0 aliphatic rings. The fraction of sp³-hybridized carbons (Fsp3) is 0. The summed E-state index contributed by atoms with van der Waals surface area (Å²) in [5, 5.41) is 7.60. The van der Waals surface area contributed by atoms with E-state index >= 15 is 0 Å². The number of thiophene rings is 1. The Morgan fingerprint density at radius 3 is 1.62 bits per heavy atom. The molecule has 0 bridgehead atoms. The number of hydrogen-bond donors (Lipinski definition) is 0. The lowest BCUT2D eigenvalue weighted by Crippen LogP contribution is -2.10. The van der Waals surface area contributed by atoms with E-state index < -0.39 is 0 Å². The summed E-state index contributed by atoms with van der Waals surface area (Å²) in [4.78, 5) is 2.45. The Kier molecular flexibility index (Phi) is 7.41. The first-order valence-corrected chi connectivity index (χ1v) is 18.6. The summed E-state index contributed by atoms with van der Waals surface area (Å²) in [5.74, 6) is 0. The highest BCUT2D eigenvalue weighted by atomic mass is 32.1. The molecule has 1 nitrogen and oxygen atoms in total. The third-order valence-electron chi connectivity index (χ3n) is 10.2. The predicted octanol–water partition coefficient (Wildman–Crippen LogP) is 14.8.